The van der Waals surface area contributed by atoms with Crippen molar-refractivity contribution in [3.05, 3.63) is 106 Å². The largest absolute Gasteiger partial charge is 0.490 e. The van der Waals surface area contributed by atoms with Gasteiger partial charge in [-0.15, -0.1) is 0 Å². The van der Waals surface area contributed by atoms with Gasteiger partial charge in [-0.2, -0.15) is 10.4 Å². The van der Waals surface area contributed by atoms with Gasteiger partial charge in [0, 0.05) is 34.4 Å². The number of hydrogen-bond acceptors (Lipinski definition) is 9. The number of nitrogens with zero attached hydrogens (tertiary/aromatic N) is 3. The Morgan fingerprint density at radius 2 is 1.89 bits per heavy atom. The van der Waals surface area contributed by atoms with Crippen LogP contribution in [-0.2, 0) is 16.1 Å². The van der Waals surface area contributed by atoms with Crippen LogP contribution in [0, 0.1) is 18.3 Å². The predicted octanol–water partition coefficient (Wildman–Crippen LogP) is 4.39. The van der Waals surface area contributed by atoms with Gasteiger partial charge in [-0.25, -0.2) is 9.59 Å². The van der Waals surface area contributed by atoms with E-state index >= 15 is 0 Å². The van der Waals surface area contributed by atoms with Crippen LogP contribution in [-0.4, -0.2) is 54.4 Å². The number of aliphatic hydroxyl groups is 1. The lowest BCUT2D eigenvalue weighted by Crippen LogP contribution is -2.45. The van der Waals surface area contributed by atoms with Crippen molar-refractivity contribution in [2.75, 3.05) is 20.3 Å². The highest BCUT2D eigenvalue weighted by atomic mass is 16.5. The molecule has 0 spiro atoms. The van der Waals surface area contributed by atoms with Crippen molar-refractivity contribution < 1.29 is 28.9 Å². The quantitative estimate of drug-likeness (QED) is 0.0771. The van der Waals surface area contributed by atoms with Crippen molar-refractivity contribution in [2.45, 2.75) is 39.6 Å². The molecule has 0 saturated carbocycles. The van der Waals surface area contributed by atoms with Crippen LogP contribution in [0.4, 0.5) is 4.79 Å². The second-order valence-electron chi connectivity index (χ2n) is 10.8. The molecule has 1 aromatic heterocycles. The molecule has 2 amide bonds. The Labute approximate surface area is 272 Å². The SMILES string of the molecule is CCOc1cc([C@H]2NC(=O)NC(C)=C2C(=O)OC)ccc1OC[C@H](O)N/N=C/c1c(C)n(Cc2ccc(C#N)cc2)c2ccccc12. The van der Waals surface area contributed by atoms with Crippen LogP contribution in [0.2, 0.25) is 0 Å². The van der Waals surface area contributed by atoms with Crippen molar-refractivity contribution >= 4 is 29.1 Å². The van der Waals surface area contributed by atoms with Crippen LogP contribution < -0.4 is 25.5 Å². The van der Waals surface area contributed by atoms with E-state index in [0.29, 0.717) is 41.5 Å². The molecule has 1 aliphatic rings. The number of aliphatic hydroxyl groups excluding tert-OH is 1. The molecule has 2 heterocycles. The highest BCUT2D eigenvalue weighted by Crippen LogP contribution is 2.35. The number of ether oxygens (including phenoxy) is 3. The molecule has 4 N–H and O–H groups in total. The number of carbonyl (C=O) groups excluding carboxylic acids is 2. The molecular formula is C35H36N6O6. The van der Waals surface area contributed by atoms with E-state index in [0.717, 1.165) is 27.7 Å². The number of amides is 2. The third-order valence-electron chi connectivity index (χ3n) is 7.79. The summed E-state index contributed by atoms with van der Waals surface area (Å²) in [4.78, 5) is 24.7. The molecule has 47 heavy (non-hydrogen) atoms. The van der Waals surface area contributed by atoms with Crippen molar-refractivity contribution in [1.82, 2.24) is 20.6 Å². The first-order chi connectivity index (χ1) is 22.7. The molecule has 1 aliphatic heterocycles. The fraction of sp³-hybridized carbons (Fsp3) is 0.257. The van der Waals surface area contributed by atoms with Gasteiger partial charge in [0.25, 0.3) is 0 Å². The monoisotopic (exact) mass is 636 g/mol. The average Bonchev–Trinajstić information content (AvgIpc) is 3.33. The highest BCUT2D eigenvalue weighted by molar-refractivity contribution is 6.01. The van der Waals surface area contributed by atoms with E-state index in [1.54, 1.807) is 31.3 Å². The summed E-state index contributed by atoms with van der Waals surface area (Å²) >= 11 is 0. The highest BCUT2D eigenvalue weighted by Gasteiger charge is 2.32. The van der Waals surface area contributed by atoms with Crippen molar-refractivity contribution in [1.29, 1.82) is 5.26 Å². The van der Waals surface area contributed by atoms with Crippen molar-refractivity contribution in [3.63, 3.8) is 0 Å². The maximum Gasteiger partial charge on any atom is 0.337 e. The lowest BCUT2D eigenvalue weighted by molar-refractivity contribution is -0.136. The number of benzene rings is 3. The molecular weight excluding hydrogens is 600 g/mol. The van der Waals surface area contributed by atoms with Gasteiger partial charge < -0.3 is 34.5 Å². The van der Waals surface area contributed by atoms with E-state index in [1.807, 2.05) is 62.4 Å². The zero-order valence-corrected chi connectivity index (χ0v) is 26.5. The van der Waals surface area contributed by atoms with E-state index in [2.05, 4.69) is 31.8 Å². The number of para-hydroxylation sites is 1. The summed E-state index contributed by atoms with van der Waals surface area (Å²) in [7, 11) is 1.28. The molecule has 0 bridgehead atoms. The van der Waals surface area contributed by atoms with Gasteiger partial charge in [-0.05, 0) is 62.2 Å². The molecule has 0 aliphatic carbocycles. The molecule has 0 fully saturated rings. The van der Waals surface area contributed by atoms with Gasteiger partial charge in [0.15, 0.2) is 17.7 Å². The summed E-state index contributed by atoms with van der Waals surface area (Å²) in [6, 6.07) is 21.5. The summed E-state index contributed by atoms with van der Waals surface area (Å²) in [6.45, 7) is 6.28. The minimum atomic E-state index is -1.15. The van der Waals surface area contributed by atoms with E-state index < -0.39 is 24.3 Å². The molecule has 0 unspecified atom stereocenters. The summed E-state index contributed by atoms with van der Waals surface area (Å²) < 4.78 is 18.8. The van der Waals surface area contributed by atoms with Crippen LogP contribution in [0.25, 0.3) is 10.9 Å². The molecule has 2 atom stereocenters. The Morgan fingerprint density at radius 1 is 1.13 bits per heavy atom. The number of urea groups is 1. The topological polar surface area (TPSA) is 159 Å². The van der Waals surface area contributed by atoms with Gasteiger partial charge in [0.1, 0.15) is 6.61 Å². The van der Waals surface area contributed by atoms with Gasteiger partial charge >= 0.3 is 12.0 Å². The number of allylic oxidation sites excluding steroid dienone is 1. The fourth-order valence-corrected chi connectivity index (χ4v) is 5.50. The van der Waals surface area contributed by atoms with E-state index in [4.69, 9.17) is 19.5 Å². The van der Waals surface area contributed by atoms with Crippen molar-refractivity contribution in [3.8, 4) is 17.6 Å². The Morgan fingerprint density at radius 3 is 2.62 bits per heavy atom. The molecule has 0 saturated heterocycles. The zero-order valence-electron chi connectivity index (χ0n) is 26.5. The van der Waals surface area contributed by atoms with Gasteiger partial charge in [-0.1, -0.05) is 36.4 Å². The minimum Gasteiger partial charge on any atom is -0.490 e. The summed E-state index contributed by atoms with van der Waals surface area (Å²) in [5.74, 6) is 0.169. The predicted molar refractivity (Wildman–Crippen MR) is 176 cm³/mol. The first kappa shape index (κ1) is 32.6. The van der Waals surface area contributed by atoms with Gasteiger partial charge in [-0.3, -0.25) is 5.43 Å². The Kier molecular flexibility index (Phi) is 10.1. The summed E-state index contributed by atoms with van der Waals surface area (Å²) in [5.41, 5.74) is 8.61. The maximum absolute atomic E-state index is 12.5. The molecule has 12 nitrogen and oxygen atoms in total. The molecule has 0 radical (unpaired) electrons. The summed E-state index contributed by atoms with van der Waals surface area (Å²) in [5, 5.41) is 30.4. The number of methoxy groups -OCH3 is 1. The number of carbonyl (C=O) groups is 2. The van der Waals surface area contributed by atoms with E-state index in [1.165, 1.54) is 7.11 Å². The van der Waals surface area contributed by atoms with Crippen molar-refractivity contribution in [2.24, 2.45) is 5.10 Å². The number of hydrazone groups is 1. The Bertz CT molecular complexity index is 1890. The number of nitriles is 1. The second kappa shape index (κ2) is 14.5. The van der Waals surface area contributed by atoms with Gasteiger partial charge in [0.05, 0.1) is 43.2 Å². The minimum absolute atomic E-state index is 0.146. The fourth-order valence-electron chi connectivity index (χ4n) is 5.50. The van der Waals surface area contributed by atoms with Crippen LogP contribution >= 0.6 is 0 Å². The number of nitrogens with one attached hydrogen (secondary N) is 3. The van der Waals surface area contributed by atoms with E-state index in [-0.39, 0.29) is 12.2 Å². The first-order valence-electron chi connectivity index (χ1n) is 15.0. The van der Waals surface area contributed by atoms with Crippen LogP contribution in [0.3, 0.4) is 0 Å². The molecule has 5 rings (SSSR count). The van der Waals surface area contributed by atoms with Crippen LogP contribution in [0.5, 0.6) is 11.5 Å². The lowest BCUT2D eigenvalue weighted by atomic mass is 9.95. The Balaban J connectivity index is 1.28. The normalized spacial score (nSPS) is 15.1. The standard InChI is InChI=1S/C35H36N6O6/c1-5-46-30-16-25(33-32(34(43)45-4)21(2)38-35(44)39-33)14-15-29(30)47-20-31(42)40-37-18-27-22(3)41(28-9-7-6-8-26(27)28)19-24-12-10-23(17-36)11-13-24/h6-16,18,31,33,40,42H,5,19-20H2,1-4H3,(H2,38,39,44)/b37-18+/t31-,33+/m0/s1. The number of esters is 1. The third-order valence-corrected chi connectivity index (χ3v) is 7.79. The van der Waals surface area contributed by atoms with E-state index in [9.17, 15) is 14.7 Å². The molecule has 4 aromatic rings. The van der Waals surface area contributed by atoms with Crippen LogP contribution in [0.1, 0.15) is 47.8 Å². The zero-order chi connectivity index (χ0) is 33.5. The number of rotatable bonds is 12. The van der Waals surface area contributed by atoms with Gasteiger partial charge in [0.2, 0.25) is 0 Å². The first-order valence-corrected chi connectivity index (χ1v) is 15.0. The maximum atomic E-state index is 12.5. The lowest BCUT2D eigenvalue weighted by Gasteiger charge is -2.28. The third kappa shape index (κ3) is 7.21. The average molecular weight is 637 g/mol. The van der Waals surface area contributed by atoms with Crippen LogP contribution in [0.15, 0.2) is 83.1 Å². The number of fused-ring (bicyclic) bond motifs is 1. The molecule has 12 heteroatoms. The number of hydrogen-bond donors (Lipinski definition) is 4. The smallest absolute Gasteiger partial charge is 0.337 e. The summed E-state index contributed by atoms with van der Waals surface area (Å²) in [6.07, 6.45) is 0.533. The molecule has 242 valence electrons. The second-order valence-corrected chi connectivity index (χ2v) is 10.8. The number of aromatic nitrogens is 1. The Hall–Kier alpha value is -5.80. The molecule has 3 aromatic carbocycles.